The number of rotatable bonds is 9. The number of benzene rings is 2. The molecule has 2 aromatic carbocycles. The molecule has 0 aliphatic heterocycles. The molecule has 2 amide bonds. The molecule has 148 valence electrons. The fourth-order valence-corrected chi connectivity index (χ4v) is 2.45. The second-order valence-corrected chi connectivity index (χ2v) is 6.22. The summed E-state index contributed by atoms with van der Waals surface area (Å²) in [5.41, 5.74) is 6.83. The van der Waals surface area contributed by atoms with Crippen molar-refractivity contribution in [2.45, 2.75) is 13.3 Å². The molecular formula is C20H22N2O6. The molecule has 0 aliphatic carbocycles. The van der Waals surface area contributed by atoms with Gasteiger partial charge in [0.1, 0.15) is 0 Å². The van der Waals surface area contributed by atoms with E-state index in [-0.39, 0.29) is 12.5 Å². The number of methoxy groups -OCH3 is 1. The van der Waals surface area contributed by atoms with Gasteiger partial charge in [0.05, 0.1) is 13.0 Å². The van der Waals surface area contributed by atoms with Gasteiger partial charge in [-0.25, -0.2) is 0 Å². The Bertz CT molecular complexity index is 863. The molecule has 0 spiro atoms. The topological polar surface area (TPSA) is 128 Å². The van der Waals surface area contributed by atoms with Crippen LogP contribution in [0.1, 0.15) is 22.8 Å². The van der Waals surface area contributed by atoms with Crippen molar-refractivity contribution in [3.63, 3.8) is 0 Å². The minimum atomic E-state index is -0.852. The lowest BCUT2D eigenvalue weighted by Gasteiger charge is -2.12. The highest BCUT2D eigenvalue weighted by Crippen LogP contribution is 2.28. The Morgan fingerprint density at radius 3 is 2.36 bits per heavy atom. The predicted molar refractivity (Wildman–Crippen MR) is 103 cm³/mol. The van der Waals surface area contributed by atoms with E-state index in [4.69, 9.17) is 20.3 Å². The number of hydrogen-bond acceptors (Lipinski definition) is 5. The molecule has 8 heteroatoms. The number of carboxylic acid groups (broad SMARTS) is 1. The van der Waals surface area contributed by atoms with Crippen LogP contribution in [0.5, 0.6) is 11.5 Å². The lowest BCUT2D eigenvalue weighted by Crippen LogP contribution is -2.20. The average molecular weight is 386 g/mol. The fourth-order valence-electron chi connectivity index (χ4n) is 2.45. The number of nitrogens with two attached hydrogens (primary N) is 1. The van der Waals surface area contributed by atoms with Gasteiger partial charge >= 0.3 is 5.97 Å². The molecule has 0 bridgehead atoms. The molecule has 2 aromatic rings. The number of carbonyl (C=O) groups excluding carboxylic acids is 2. The molecule has 8 nitrogen and oxygen atoms in total. The molecule has 0 aromatic heterocycles. The van der Waals surface area contributed by atoms with E-state index in [1.165, 1.54) is 25.3 Å². The van der Waals surface area contributed by atoms with E-state index in [1.807, 2.05) is 0 Å². The Morgan fingerprint density at radius 1 is 1.11 bits per heavy atom. The zero-order valence-corrected chi connectivity index (χ0v) is 15.6. The Balaban J connectivity index is 2.05. The smallest absolute Gasteiger partial charge is 0.306 e. The molecule has 4 N–H and O–H groups in total. The highest BCUT2D eigenvalue weighted by molar-refractivity contribution is 6.04. The van der Waals surface area contributed by atoms with Gasteiger partial charge in [0.15, 0.2) is 18.1 Å². The van der Waals surface area contributed by atoms with Crippen molar-refractivity contribution in [1.29, 1.82) is 0 Å². The van der Waals surface area contributed by atoms with Crippen molar-refractivity contribution in [2.75, 3.05) is 19.0 Å². The highest BCUT2D eigenvalue weighted by atomic mass is 16.5. The van der Waals surface area contributed by atoms with Gasteiger partial charge in [0.2, 0.25) is 0 Å². The number of amides is 2. The number of hydrogen-bond donors (Lipinski definition) is 3. The maximum absolute atomic E-state index is 12.5. The van der Waals surface area contributed by atoms with Crippen LogP contribution in [0.2, 0.25) is 0 Å². The first-order valence-electron chi connectivity index (χ1n) is 8.52. The maximum atomic E-state index is 12.5. The summed E-state index contributed by atoms with van der Waals surface area (Å²) in [6.07, 6.45) is 0.410. The molecular weight excluding hydrogens is 364 g/mol. The van der Waals surface area contributed by atoms with Crippen LogP contribution in [0.15, 0.2) is 42.5 Å². The Morgan fingerprint density at radius 2 is 1.79 bits per heavy atom. The average Bonchev–Trinajstić information content (AvgIpc) is 2.67. The van der Waals surface area contributed by atoms with Crippen molar-refractivity contribution >= 4 is 23.5 Å². The monoisotopic (exact) mass is 386 g/mol. The van der Waals surface area contributed by atoms with Crippen molar-refractivity contribution in [3.8, 4) is 11.5 Å². The van der Waals surface area contributed by atoms with Crippen LogP contribution in [-0.2, 0) is 16.0 Å². The molecule has 1 unspecified atom stereocenters. The van der Waals surface area contributed by atoms with Crippen LogP contribution < -0.4 is 20.5 Å². The third-order valence-electron chi connectivity index (χ3n) is 3.97. The molecule has 28 heavy (non-hydrogen) atoms. The van der Waals surface area contributed by atoms with E-state index < -0.39 is 17.8 Å². The van der Waals surface area contributed by atoms with Gasteiger partial charge in [-0.2, -0.15) is 0 Å². The molecule has 0 saturated heterocycles. The first kappa shape index (κ1) is 20.8. The molecule has 0 saturated carbocycles. The van der Waals surface area contributed by atoms with Crippen LogP contribution in [0.3, 0.4) is 0 Å². The number of primary amides is 1. The highest BCUT2D eigenvalue weighted by Gasteiger charge is 2.14. The van der Waals surface area contributed by atoms with E-state index in [0.717, 1.165) is 5.56 Å². The zero-order valence-electron chi connectivity index (χ0n) is 15.6. The van der Waals surface area contributed by atoms with Gasteiger partial charge in [0.25, 0.3) is 11.8 Å². The predicted octanol–water partition coefficient (Wildman–Crippen LogP) is 2.07. The van der Waals surface area contributed by atoms with Crippen molar-refractivity contribution in [3.05, 3.63) is 53.6 Å². The number of carbonyl (C=O) groups is 3. The Hall–Kier alpha value is -3.55. The van der Waals surface area contributed by atoms with Gasteiger partial charge in [-0.15, -0.1) is 0 Å². The van der Waals surface area contributed by atoms with E-state index in [0.29, 0.717) is 29.2 Å². The zero-order chi connectivity index (χ0) is 20.7. The number of aliphatic carboxylic acids is 1. The second kappa shape index (κ2) is 9.40. The molecule has 0 aliphatic rings. The van der Waals surface area contributed by atoms with Crippen LogP contribution in [0.4, 0.5) is 5.69 Å². The van der Waals surface area contributed by atoms with E-state index in [2.05, 4.69) is 5.32 Å². The first-order chi connectivity index (χ1) is 13.3. The summed E-state index contributed by atoms with van der Waals surface area (Å²) in [5, 5.41) is 11.7. The first-order valence-corrected chi connectivity index (χ1v) is 8.52. The SMILES string of the molecule is COc1cc(C(=O)Nc2ccc(CC(C)C(=O)O)cc2)ccc1OCC(N)=O. The Kier molecular flexibility index (Phi) is 6.97. The Labute approximate surface area is 162 Å². The van der Waals surface area contributed by atoms with Crippen LogP contribution in [0, 0.1) is 5.92 Å². The number of ether oxygens (including phenoxy) is 2. The minimum Gasteiger partial charge on any atom is -0.493 e. The summed E-state index contributed by atoms with van der Waals surface area (Å²) in [6.45, 7) is 1.34. The molecule has 0 fully saturated rings. The standard InChI is InChI=1S/C20H22N2O6/c1-12(20(25)26)9-13-3-6-15(7-4-13)22-19(24)14-5-8-16(17(10-14)27-2)28-11-18(21)23/h3-8,10,12H,9,11H2,1-2H3,(H2,21,23)(H,22,24)(H,25,26). The second-order valence-electron chi connectivity index (χ2n) is 6.22. The summed E-state index contributed by atoms with van der Waals surface area (Å²) in [5.74, 6) is -1.71. The quantitative estimate of drug-likeness (QED) is 0.605. The van der Waals surface area contributed by atoms with Gasteiger partial charge in [0, 0.05) is 11.3 Å². The van der Waals surface area contributed by atoms with E-state index in [9.17, 15) is 14.4 Å². The van der Waals surface area contributed by atoms with Crippen LogP contribution in [-0.4, -0.2) is 36.6 Å². The fraction of sp³-hybridized carbons (Fsp3) is 0.250. The molecule has 0 heterocycles. The lowest BCUT2D eigenvalue weighted by molar-refractivity contribution is -0.141. The number of nitrogens with one attached hydrogen (secondary N) is 1. The minimum absolute atomic E-state index is 0.297. The molecule has 1 atom stereocenters. The van der Waals surface area contributed by atoms with E-state index in [1.54, 1.807) is 31.2 Å². The largest absolute Gasteiger partial charge is 0.493 e. The summed E-state index contributed by atoms with van der Waals surface area (Å²) in [7, 11) is 1.42. The van der Waals surface area contributed by atoms with Crippen LogP contribution in [0.25, 0.3) is 0 Å². The van der Waals surface area contributed by atoms with Crippen LogP contribution >= 0.6 is 0 Å². The van der Waals surface area contributed by atoms with Gasteiger partial charge in [-0.1, -0.05) is 19.1 Å². The third-order valence-corrected chi connectivity index (χ3v) is 3.97. The summed E-state index contributed by atoms with van der Waals surface area (Å²) < 4.78 is 10.4. The molecule has 0 radical (unpaired) electrons. The van der Waals surface area contributed by atoms with Crippen molar-refractivity contribution < 1.29 is 29.0 Å². The number of carboxylic acids is 1. The van der Waals surface area contributed by atoms with Gasteiger partial charge in [-0.3, -0.25) is 14.4 Å². The normalized spacial score (nSPS) is 11.4. The summed E-state index contributed by atoms with van der Waals surface area (Å²) in [4.78, 5) is 34.2. The van der Waals surface area contributed by atoms with Crippen molar-refractivity contribution in [2.24, 2.45) is 11.7 Å². The lowest BCUT2D eigenvalue weighted by atomic mass is 10.0. The summed E-state index contributed by atoms with van der Waals surface area (Å²) >= 11 is 0. The van der Waals surface area contributed by atoms with E-state index >= 15 is 0 Å². The molecule has 2 rings (SSSR count). The van der Waals surface area contributed by atoms with Gasteiger partial charge in [-0.05, 0) is 42.3 Å². The van der Waals surface area contributed by atoms with Gasteiger partial charge < -0.3 is 25.6 Å². The number of anilines is 1. The third kappa shape index (κ3) is 5.73. The van der Waals surface area contributed by atoms with Crippen molar-refractivity contribution in [1.82, 2.24) is 0 Å². The maximum Gasteiger partial charge on any atom is 0.306 e. The summed E-state index contributed by atoms with van der Waals surface area (Å²) in [6, 6.07) is 11.5.